The zero-order valence-electron chi connectivity index (χ0n) is 9.86. The molecule has 5 nitrogen and oxygen atoms in total. The van der Waals surface area contributed by atoms with Crippen LogP contribution < -0.4 is 11.1 Å². The molecule has 86 valence electrons. The molecule has 0 aliphatic rings. The lowest BCUT2D eigenvalue weighted by Crippen LogP contribution is -2.47. The molecule has 0 aliphatic heterocycles. The average molecular weight is 219 g/mol. The number of nitrogens with one attached hydrogen (secondary N) is 1. The van der Waals surface area contributed by atoms with Gasteiger partial charge in [-0.05, 0) is 18.9 Å². The van der Waals surface area contributed by atoms with Crippen molar-refractivity contribution in [2.75, 3.05) is 11.9 Å². The standard InChI is InChI=1S/C11H17N5/c1-8(2)11(3,7-13)15-10-9(6-12)4-5-14-16-10/h4-5,8H,7,13H2,1-3H3,(H,15,16). The van der Waals surface area contributed by atoms with E-state index in [1.54, 1.807) is 6.07 Å². The van der Waals surface area contributed by atoms with E-state index in [2.05, 4.69) is 35.4 Å². The Morgan fingerprint density at radius 1 is 1.62 bits per heavy atom. The predicted octanol–water partition coefficient (Wildman–Crippen LogP) is 1.13. The summed E-state index contributed by atoms with van der Waals surface area (Å²) in [6, 6.07) is 3.71. The maximum absolute atomic E-state index is 8.94. The van der Waals surface area contributed by atoms with Crippen molar-refractivity contribution in [3.05, 3.63) is 17.8 Å². The molecule has 0 fully saturated rings. The Balaban J connectivity index is 3.00. The van der Waals surface area contributed by atoms with Gasteiger partial charge in [0.2, 0.25) is 0 Å². The van der Waals surface area contributed by atoms with Crippen LogP contribution in [0.15, 0.2) is 12.3 Å². The molecule has 0 aliphatic carbocycles. The summed E-state index contributed by atoms with van der Waals surface area (Å²) in [4.78, 5) is 0. The number of hydrogen-bond donors (Lipinski definition) is 2. The SMILES string of the molecule is CC(C)C(C)(CN)Nc1nnccc1C#N. The van der Waals surface area contributed by atoms with E-state index in [1.165, 1.54) is 6.20 Å². The maximum atomic E-state index is 8.94. The van der Waals surface area contributed by atoms with Gasteiger partial charge >= 0.3 is 0 Å². The second-order valence-corrected chi connectivity index (χ2v) is 4.31. The van der Waals surface area contributed by atoms with E-state index in [9.17, 15) is 0 Å². The molecular formula is C11H17N5. The van der Waals surface area contributed by atoms with Crippen molar-refractivity contribution in [2.24, 2.45) is 11.7 Å². The third-order valence-corrected chi connectivity index (χ3v) is 2.94. The van der Waals surface area contributed by atoms with Crippen molar-refractivity contribution in [3.63, 3.8) is 0 Å². The molecular weight excluding hydrogens is 202 g/mol. The minimum absolute atomic E-state index is 0.290. The highest BCUT2D eigenvalue weighted by Gasteiger charge is 2.27. The molecule has 1 atom stereocenters. The average Bonchev–Trinajstić information content (AvgIpc) is 2.29. The van der Waals surface area contributed by atoms with Crippen molar-refractivity contribution in [1.29, 1.82) is 5.26 Å². The number of nitriles is 1. The van der Waals surface area contributed by atoms with Crippen LogP contribution in [-0.2, 0) is 0 Å². The fourth-order valence-corrected chi connectivity index (χ4v) is 1.22. The first kappa shape index (κ1) is 12.4. The van der Waals surface area contributed by atoms with Crippen molar-refractivity contribution >= 4 is 5.82 Å². The monoisotopic (exact) mass is 219 g/mol. The summed E-state index contributed by atoms with van der Waals surface area (Å²) in [6.07, 6.45) is 1.50. The van der Waals surface area contributed by atoms with Crippen molar-refractivity contribution in [3.8, 4) is 6.07 Å². The van der Waals surface area contributed by atoms with Gasteiger partial charge in [-0.25, -0.2) is 0 Å². The number of anilines is 1. The molecule has 5 heteroatoms. The topological polar surface area (TPSA) is 87.6 Å². The summed E-state index contributed by atoms with van der Waals surface area (Å²) in [5.74, 6) is 0.817. The van der Waals surface area contributed by atoms with Gasteiger partial charge in [-0.3, -0.25) is 0 Å². The van der Waals surface area contributed by atoms with E-state index in [0.29, 0.717) is 23.8 Å². The van der Waals surface area contributed by atoms with Crippen molar-refractivity contribution in [1.82, 2.24) is 10.2 Å². The molecule has 1 rings (SSSR count). The van der Waals surface area contributed by atoms with Gasteiger partial charge in [-0.2, -0.15) is 10.4 Å². The summed E-state index contributed by atoms with van der Waals surface area (Å²) in [6.45, 7) is 6.62. The van der Waals surface area contributed by atoms with Crippen LogP contribution in [0.2, 0.25) is 0 Å². The lowest BCUT2D eigenvalue weighted by atomic mass is 9.88. The van der Waals surface area contributed by atoms with Gasteiger partial charge in [0.15, 0.2) is 5.82 Å². The van der Waals surface area contributed by atoms with Crippen LogP contribution in [0.1, 0.15) is 26.3 Å². The van der Waals surface area contributed by atoms with E-state index >= 15 is 0 Å². The van der Waals surface area contributed by atoms with Gasteiger partial charge < -0.3 is 11.1 Å². The Bertz CT molecular complexity index is 396. The summed E-state index contributed by atoms with van der Waals surface area (Å²) >= 11 is 0. The molecule has 1 aromatic rings. The first-order chi connectivity index (χ1) is 7.53. The molecule has 0 spiro atoms. The first-order valence-electron chi connectivity index (χ1n) is 5.23. The van der Waals surface area contributed by atoms with E-state index < -0.39 is 0 Å². The number of hydrogen-bond acceptors (Lipinski definition) is 5. The highest BCUT2D eigenvalue weighted by Crippen LogP contribution is 2.22. The largest absolute Gasteiger partial charge is 0.361 e. The van der Waals surface area contributed by atoms with E-state index in [1.807, 2.05) is 6.92 Å². The summed E-state index contributed by atoms with van der Waals surface area (Å²) in [7, 11) is 0. The molecule has 0 bridgehead atoms. The van der Waals surface area contributed by atoms with E-state index in [-0.39, 0.29) is 5.54 Å². The second kappa shape index (κ2) is 4.90. The van der Waals surface area contributed by atoms with Crippen LogP contribution in [-0.4, -0.2) is 22.3 Å². The normalized spacial score (nSPS) is 14.2. The molecule has 0 saturated heterocycles. The highest BCUT2D eigenvalue weighted by molar-refractivity contribution is 5.51. The van der Waals surface area contributed by atoms with Crippen LogP contribution in [0.5, 0.6) is 0 Å². The third kappa shape index (κ3) is 2.47. The van der Waals surface area contributed by atoms with Gasteiger partial charge in [-0.15, -0.1) is 5.10 Å². The third-order valence-electron chi connectivity index (χ3n) is 2.94. The Morgan fingerprint density at radius 2 is 2.31 bits per heavy atom. The molecule has 16 heavy (non-hydrogen) atoms. The quantitative estimate of drug-likeness (QED) is 0.792. The Labute approximate surface area is 95.7 Å². The molecule has 1 aromatic heterocycles. The number of aromatic nitrogens is 2. The van der Waals surface area contributed by atoms with Crippen molar-refractivity contribution < 1.29 is 0 Å². The summed E-state index contributed by atoms with van der Waals surface area (Å²) in [5, 5.41) is 19.8. The maximum Gasteiger partial charge on any atom is 0.167 e. The Hall–Kier alpha value is -1.67. The van der Waals surface area contributed by atoms with Gasteiger partial charge in [0.25, 0.3) is 0 Å². The smallest absolute Gasteiger partial charge is 0.167 e. The Morgan fingerprint density at radius 3 is 2.81 bits per heavy atom. The Kier molecular flexibility index (Phi) is 3.80. The second-order valence-electron chi connectivity index (χ2n) is 4.31. The van der Waals surface area contributed by atoms with Gasteiger partial charge in [0.1, 0.15) is 6.07 Å². The van der Waals surface area contributed by atoms with Gasteiger partial charge in [0, 0.05) is 6.54 Å². The first-order valence-corrected chi connectivity index (χ1v) is 5.23. The highest BCUT2D eigenvalue weighted by atomic mass is 15.2. The molecule has 1 heterocycles. The molecule has 0 radical (unpaired) electrons. The number of rotatable bonds is 4. The molecule has 0 aromatic carbocycles. The predicted molar refractivity (Wildman–Crippen MR) is 62.7 cm³/mol. The summed E-state index contributed by atoms with van der Waals surface area (Å²) in [5.41, 5.74) is 5.95. The lowest BCUT2D eigenvalue weighted by molar-refractivity contribution is 0.381. The summed E-state index contributed by atoms with van der Waals surface area (Å²) < 4.78 is 0. The molecule has 1 unspecified atom stereocenters. The molecule has 0 amide bonds. The van der Waals surface area contributed by atoms with Crippen LogP contribution in [0.4, 0.5) is 5.82 Å². The number of nitrogens with two attached hydrogens (primary N) is 1. The van der Waals surface area contributed by atoms with Crippen molar-refractivity contribution in [2.45, 2.75) is 26.3 Å². The zero-order valence-corrected chi connectivity index (χ0v) is 9.86. The van der Waals surface area contributed by atoms with Crippen LogP contribution >= 0.6 is 0 Å². The van der Waals surface area contributed by atoms with Gasteiger partial charge in [-0.1, -0.05) is 13.8 Å². The van der Waals surface area contributed by atoms with E-state index in [0.717, 1.165) is 0 Å². The zero-order chi connectivity index (χ0) is 12.2. The fraction of sp³-hybridized carbons (Fsp3) is 0.545. The van der Waals surface area contributed by atoms with Gasteiger partial charge in [0.05, 0.1) is 17.3 Å². The molecule has 3 N–H and O–H groups in total. The minimum Gasteiger partial charge on any atom is -0.361 e. The number of nitrogens with zero attached hydrogens (tertiary/aromatic N) is 3. The van der Waals surface area contributed by atoms with Crippen LogP contribution in [0, 0.1) is 17.2 Å². The minimum atomic E-state index is -0.290. The van der Waals surface area contributed by atoms with Crippen LogP contribution in [0.25, 0.3) is 0 Å². The van der Waals surface area contributed by atoms with Crippen LogP contribution in [0.3, 0.4) is 0 Å². The van der Waals surface area contributed by atoms with E-state index in [4.69, 9.17) is 11.0 Å². The molecule has 0 saturated carbocycles. The fourth-order valence-electron chi connectivity index (χ4n) is 1.22. The lowest BCUT2D eigenvalue weighted by Gasteiger charge is -2.34.